The van der Waals surface area contributed by atoms with Crippen molar-refractivity contribution in [3.05, 3.63) is 65.6 Å². The maximum absolute atomic E-state index is 12.8. The van der Waals surface area contributed by atoms with E-state index in [-0.39, 0.29) is 5.95 Å². The van der Waals surface area contributed by atoms with E-state index in [1.165, 1.54) is 0 Å². The number of anilines is 2. The number of hydrogen-bond acceptors (Lipinski definition) is 4. The zero-order chi connectivity index (χ0) is 18.0. The lowest BCUT2D eigenvalue weighted by Crippen LogP contribution is -2.10. The molecule has 0 saturated carbocycles. The van der Waals surface area contributed by atoms with E-state index in [1.54, 1.807) is 6.07 Å². The maximum Gasteiger partial charge on any atom is 0.433 e. The normalized spacial score (nSPS) is 11.4. The van der Waals surface area contributed by atoms with Crippen molar-refractivity contribution in [3.63, 3.8) is 0 Å². The van der Waals surface area contributed by atoms with Crippen LogP contribution < -0.4 is 5.32 Å². The Morgan fingerprint density at radius 2 is 1.76 bits per heavy atom. The second-order valence-electron chi connectivity index (χ2n) is 5.64. The summed E-state index contributed by atoms with van der Waals surface area (Å²) < 4.78 is 38.3. The van der Waals surface area contributed by atoms with E-state index in [0.717, 1.165) is 34.8 Å². The van der Waals surface area contributed by atoms with Gasteiger partial charge in [0.25, 0.3) is 0 Å². The Labute approximate surface area is 142 Å². The minimum Gasteiger partial charge on any atom is -0.324 e. The fraction of sp³-hybridized carbons (Fsp3) is 0.167. The number of rotatable bonds is 3. The molecule has 1 aromatic carbocycles. The molecule has 2 heterocycles. The second-order valence-corrected chi connectivity index (χ2v) is 5.64. The number of halogens is 3. The molecule has 0 aliphatic rings. The number of aromatic nitrogens is 3. The van der Waals surface area contributed by atoms with Gasteiger partial charge in [0.2, 0.25) is 5.95 Å². The van der Waals surface area contributed by atoms with Crippen LogP contribution in [-0.2, 0) is 6.18 Å². The monoisotopic (exact) mass is 344 g/mol. The highest BCUT2D eigenvalue weighted by molar-refractivity contribution is 5.68. The van der Waals surface area contributed by atoms with Crippen molar-refractivity contribution in [2.45, 2.75) is 20.0 Å². The highest BCUT2D eigenvalue weighted by atomic mass is 19.4. The van der Waals surface area contributed by atoms with Crippen LogP contribution in [0.3, 0.4) is 0 Å². The molecule has 3 rings (SSSR count). The first-order valence-corrected chi connectivity index (χ1v) is 7.54. The van der Waals surface area contributed by atoms with E-state index in [1.807, 2.05) is 44.2 Å². The lowest BCUT2D eigenvalue weighted by molar-refractivity contribution is -0.141. The Kier molecular flexibility index (Phi) is 4.39. The first-order valence-electron chi connectivity index (χ1n) is 7.54. The second kappa shape index (κ2) is 6.51. The molecular formula is C18H15F3N4. The van der Waals surface area contributed by atoms with Crippen LogP contribution in [0.2, 0.25) is 0 Å². The van der Waals surface area contributed by atoms with Gasteiger partial charge in [-0.3, -0.25) is 4.98 Å². The van der Waals surface area contributed by atoms with Crippen LogP contribution in [0.5, 0.6) is 0 Å². The van der Waals surface area contributed by atoms with Gasteiger partial charge in [-0.05, 0) is 55.8 Å². The topological polar surface area (TPSA) is 50.7 Å². The lowest BCUT2D eigenvalue weighted by atomic mass is 10.1. The minimum atomic E-state index is -4.51. The Morgan fingerprint density at radius 3 is 2.48 bits per heavy atom. The molecule has 0 bridgehead atoms. The third kappa shape index (κ3) is 4.12. The number of pyridine rings is 1. The molecule has 128 valence electrons. The minimum absolute atomic E-state index is 0.108. The molecule has 0 unspecified atom stereocenters. The quantitative estimate of drug-likeness (QED) is 0.733. The van der Waals surface area contributed by atoms with Crippen molar-refractivity contribution >= 4 is 11.6 Å². The van der Waals surface area contributed by atoms with Crippen LogP contribution >= 0.6 is 0 Å². The largest absolute Gasteiger partial charge is 0.433 e. The van der Waals surface area contributed by atoms with Gasteiger partial charge >= 0.3 is 6.18 Å². The molecule has 0 fully saturated rings. The van der Waals surface area contributed by atoms with E-state index in [4.69, 9.17) is 0 Å². The smallest absolute Gasteiger partial charge is 0.324 e. The third-order valence-corrected chi connectivity index (χ3v) is 3.46. The van der Waals surface area contributed by atoms with Crippen molar-refractivity contribution in [2.24, 2.45) is 0 Å². The fourth-order valence-corrected chi connectivity index (χ4v) is 2.41. The average Bonchev–Trinajstić information content (AvgIpc) is 2.54. The van der Waals surface area contributed by atoms with Crippen LogP contribution in [-0.4, -0.2) is 15.0 Å². The standard InChI is InChI=1S/C18H15F3N4/c1-11-8-13(15-5-3-4-12(2)23-15)10-14(9-11)24-17-22-7-6-16(25-17)18(19,20)21/h3-10H,1-2H3,(H,22,24,25). The molecule has 0 saturated heterocycles. The van der Waals surface area contributed by atoms with E-state index in [2.05, 4.69) is 20.3 Å². The predicted octanol–water partition coefficient (Wildman–Crippen LogP) is 4.92. The summed E-state index contributed by atoms with van der Waals surface area (Å²) in [7, 11) is 0. The average molecular weight is 344 g/mol. The highest BCUT2D eigenvalue weighted by Crippen LogP contribution is 2.29. The molecule has 0 aliphatic carbocycles. The van der Waals surface area contributed by atoms with Crippen molar-refractivity contribution < 1.29 is 13.2 Å². The zero-order valence-corrected chi connectivity index (χ0v) is 13.6. The Morgan fingerprint density at radius 1 is 0.960 bits per heavy atom. The number of aryl methyl sites for hydroxylation is 2. The van der Waals surface area contributed by atoms with Crippen molar-refractivity contribution in [1.29, 1.82) is 0 Å². The van der Waals surface area contributed by atoms with Gasteiger partial charge in [0.15, 0.2) is 0 Å². The molecule has 3 aromatic rings. The van der Waals surface area contributed by atoms with Gasteiger partial charge in [-0.25, -0.2) is 9.97 Å². The van der Waals surface area contributed by atoms with Crippen molar-refractivity contribution in [2.75, 3.05) is 5.32 Å². The summed E-state index contributed by atoms with van der Waals surface area (Å²) in [5.74, 6) is -0.108. The predicted molar refractivity (Wildman–Crippen MR) is 89.5 cm³/mol. The number of nitrogens with one attached hydrogen (secondary N) is 1. The SMILES string of the molecule is Cc1cc(Nc2nccc(C(F)(F)F)n2)cc(-c2cccc(C)n2)c1. The Balaban J connectivity index is 1.94. The molecule has 2 aromatic heterocycles. The first kappa shape index (κ1) is 16.9. The van der Waals surface area contributed by atoms with E-state index < -0.39 is 11.9 Å². The third-order valence-electron chi connectivity index (χ3n) is 3.46. The number of nitrogens with zero attached hydrogens (tertiary/aromatic N) is 3. The summed E-state index contributed by atoms with van der Waals surface area (Å²) in [5.41, 5.74) is 3.08. The van der Waals surface area contributed by atoms with Gasteiger partial charge in [-0.2, -0.15) is 13.2 Å². The van der Waals surface area contributed by atoms with E-state index in [9.17, 15) is 13.2 Å². The van der Waals surface area contributed by atoms with Gasteiger partial charge < -0.3 is 5.32 Å². The molecule has 4 nitrogen and oxygen atoms in total. The maximum atomic E-state index is 12.8. The van der Waals surface area contributed by atoms with Gasteiger partial charge in [0.1, 0.15) is 5.69 Å². The lowest BCUT2D eigenvalue weighted by Gasteiger charge is -2.11. The summed E-state index contributed by atoms with van der Waals surface area (Å²) >= 11 is 0. The number of hydrogen-bond donors (Lipinski definition) is 1. The number of benzene rings is 1. The fourth-order valence-electron chi connectivity index (χ4n) is 2.41. The zero-order valence-electron chi connectivity index (χ0n) is 13.6. The molecule has 0 aliphatic heterocycles. The van der Waals surface area contributed by atoms with E-state index in [0.29, 0.717) is 5.69 Å². The molecule has 7 heteroatoms. The van der Waals surface area contributed by atoms with Crippen LogP contribution in [0.1, 0.15) is 17.0 Å². The van der Waals surface area contributed by atoms with Crippen molar-refractivity contribution in [1.82, 2.24) is 15.0 Å². The number of alkyl halides is 3. The summed E-state index contributed by atoms with van der Waals surface area (Å²) in [6.45, 7) is 3.80. The Hall–Kier alpha value is -2.96. The molecule has 0 radical (unpaired) electrons. The summed E-state index contributed by atoms with van der Waals surface area (Å²) in [6, 6.07) is 12.1. The van der Waals surface area contributed by atoms with Gasteiger partial charge in [0.05, 0.1) is 5.69 Å². The molecule has 0 amide bonds. The molecule has 1 N–H and O–H groups in total. The van der Waals surface area contributed by atoms with Crippen LogP contribution in [0, 0.1) is 13.8 Å². The summed E-state index contributed by atoms with van der Waals surface area (Å²) in [6.07, 6.45) is -3.43. The molecule has 25 heavy (non-hydrogen) atoms. The molecule has 0 atom stereocenters. The van der Waals surface area contributed by atoms with Crippen LogP contribution in [0.25, 0.3) is 11.3 Å². The van der Waals surface area contributed by atoms with E-state index >= 15 is 0 Å². The van der Waals surface area contributed by atoms with Gasteiger partial charge in [-0.15, -0.1) is 0 Å². The van der Waals surface area contributed by atoms with Crippen molar-refractivity contribution in [3.8, 4) is 11.3 Å². The van der Waals surface area contributed by atoms with Gasteiger partial charge in [-0.1, -0.05) is 6.07 Å². The molecular weight excluding hydrogens is 329 g/mol. The summed E-state index contributed by atoms with van der Waals surface area (Å²) in [4.78, 5) is 11.9. The van der Waals surface area contributed by atoms with Crippen LogP contribution in [0.15, 0.2) is 48.7 Å². The molecule has 0 spiro atoms. The summed E-state index contributed by atoms with van der Waals surface area (Å²) in [5, 5.41) is 2.83. The highest BCUT2D eigenvalue weighted by Gasteiger charge is 2.32. The van der Waals surface area contributed by atoms with Gasteiger partial charge in [0, 0.05) is 23.1 Å². The van der Waals surface area contributed by atoms with Crippen LogP contribution in [0.4, 0.5) is 24.8 Å². The first-order chi connectivity index (χ1) is 11.8. The Bertz CT molecular complexity index is 907.